The number of halogens is 1. The summed E-state index contributed by atoms with van der Waals surface area (Å²) in [5.74, 6) is 2.54. The molecule has 1 saturated heterocycles. The van der Waals surface area contributed by atoms with E-state index in [0.717, 1.165) is 57.5 Å². The van der Waals surface area contributed by atoms with Gasteiger partial charge in [0.05, 0.1) is 13.7 Å². The zero-order valence-corrected chi connectivity index (χ0v) is 20.1. The van der Waals surface area contributed by atoms with E-state index < -0.39 is 0 Å². The van der Waals surface area contributed by atoms with Crippen LogP contribution >= 0.6 is 24.0 Å². The van der Waals surface area contributed by atoms with Gasteiger partial charge >= 0.3 is 0 Å². The Kier molecular flexibility index (Phi) is 12.5. The van der Waals surface area contributed by atoms with Gasteiger partial charge in [-0.3, -0.25) is 4.99 Å². The predicted octanol–water partition coefficient (Wildman–Crippen LogP) is 2.69. The monoisotopic (exact) mass is 504 g/mol. The second kappa shape index (κ2) is 14.0. The van der Waals surface area contributed by atoms with E-state index in [1.54, 1.807) is 14.2 Å². The van der Waals surface area contributed by atoms with Gasteiger partial charge in [-0.25, -0.2) is 0 Å². The van der Waals surface area contributed by atoms with Crippen LogP contribution in [0, 0.1) is 12.8 Å². The molecule has 0 saturated carbocycles. The molecular formula is C21H37IN4O2. The molecule has 0 unspecified atom stereocenters. The third kappa shape index (κ3) is 8.53. The van der Waals surface area contributed by atoms with Crippen LogP contribution in [0.15, 0.2) is 23.2 Å². The molecule has 0 bridgehead atoms. The number of aryl methyl sites for hydroxylation is 1. The Morgan fingerprint density at radius 2 is 1.96 bits per heavy atom. The van der Waals surface area contributed by atoms with E-state index in [4.69, 9.17) is 9.47 Å². The van der Waals surface area contributed by atoms with Crippen LogP contribution in [0.4, 0.5) is 0 Å². The molecule has 0 radical (unpaired) electrons. The van der Waals surface area contributed by atoms with Gasteiger partial charge in [0, 0.05) is 33.8 Å². The average Bonchev–Trinajstić information content (AvgIpc) is 2.70. The molecule has 28 heavy (non-hydrogen) atoms. The topological polar surface area (TPSA) is 58.1 Å². The van der Waals surface area contributed by atoms with Crippen molar-refractivity contribution in [1.82, 2.24) is 15.5 Å². The number of nitrogens with one attached hydrogen (secondary N) is 2. The SMILES string of the molecule is CN=C(NCCc1cc(C)ccc1OC)NCC1CCN(CCOC)CC1.I. The molecule has 160 valence electrons. The Bertz CT molecular complexity index is 590. The summed E-state index contributed by atoms with van der Waals surface area (Å²) in [6.07, 6.45) is 3.37. The summed E-state index contributed by atoms with van der Waals surface area (Å²) in [5.41, 5.74) is 2.48. The molecule has 0 aromatic heterocycles. The number of aliphatic imine (C=N–C) groups is 1. The lowest BCUT2D eigenvalue weighted by Crippen LogP contribution is -2.43. The van der Waals surface area contributed by atoms with Crippen LogP contribution in [0.1, 0.15) is 24.0 Å². The average molecular weight is 504 g/mol. The minimum absolute atomic E-state index is 0. The van der Waals surface area contributed by atoms with Crippen molar-refractivity contribution in [1.29, 1.82) is 0 Å². The van der Waals surface area contributed by atoms with Crippen molar-refractivity contribution in [2.75, 3.05) is 60.6 Å². The summed E-state index contributed by atoms with van der Waals surface area (Å²) in [6, 6.07) is 6.31. The van der Waals surface area contributed by atoms with E-state index in [0.29, 0.717) is 5.92 Å². The van der Waals surface area contributed by atoms with Crippen molar-refractivity contribution in [2.24, 2.45) is 10.9 Å². The van der Waals surface area contributed by atoms with E-state index in [9.17, 15) is 0 Å². The second-order valence-corrected chi connectivity index (χ2v) is 7.22. The smallest absolute Gasteiger partial charge is 0.190 e. The van der Waals surface area contributed by atoms with Gasteiger partial charge < -0.3 is 25.0 Å². The Hall–Kier alpha value is -1.06. The van der Waals surface area contributed by atoms with Crippen LogP contribution in [-0.4, -0.2) is 71.5 Å². The molecule has 7 heteroatoms. The van der Waals surface area contributed by atoms with Gasteiger partial charge in [0.15, 0.2) is 5.96 Å². The minimum atomic E-state index is 0. The lowest BCUT2D eigenvalue weighted by molar-refractivity contribution is 0.121. The third-order valence-corrected chi connectivity index (χ3v) is 5.22. The summed E-state index contributed by atoms with van der Waals surface area (Å²) < 4.78 is 10.6. The molecule has 6 nitrogen and oxygen atoms in total. The van der Waals surface area contributed by atoms with E-state index in [1.807, 2.05) is 13.1 Å². The fourth-order valence-electron chi connectivity index (χ4n) is 3.51. The number of hydrogen-bond donors (Lipinski definition) is 2. The number of likely N-dealkylation sites (tertiary alicyclic amines) is 1. The molecule has 0 spiro atoms. The summed E-state index contributed by atoms with van der Waals surface area (Å²) in [5, 5.41) is 6.91. The Balaban J connectivity index is 0.00000392. The maximum atomic E-state index is 5.46. The number of nitrogens with zero attached hydrogens (tertiary/aromatic N) is 2. The normalized spacial score (nSPS) is 15.8. The highest BCUT2D eigenvalue weighted by Crippen LogP contribution is 2.19. The van der Waals surface area contributed by atoms with Crippen molar-refractivity contribution in [3.05, 3.63) is 29.3 Å². The number of methoxy groups -OCH3 is 2. The molecule has 1 heterocycles. The maximum absolute atomic E-state index is 5.46. The van der Waals surface area contributed by atoms with Crippen molar-refractivity contribution >= 4 is 29.9 Å². The Morgan fingerprint density at radius 1 is 1.21 bits per heavy atom. The van der Waals surface area contributed by atoms with Gasteiger partial charge in [0.2, 0.25) is 0 Å². The van der Waals surface area contributed by atoms with Crippen LogP contribution in [0.25, 0.3) is 0 Å². The van der Waals surface area contributed by atoms with E-state index in [1.165, 1.54) is 24.0 Å². The molecular weight excluding hydrogens is 467 g/mol. The Labute approximate surface area is 187 Å². The van der Waals surface area contributed by atoms with E-state index in [-0.39, 0.29) is 24.0 Å². The molecule has 2 rings (SSSR count). The van der Waals surface area contributed by atoms with Crippen LogP contribution in [0.5, 0.6) is 5.75 Å². The molecule has 2 N–H and O–H groups in total. The second-order valence-electron chi connectivity index (χ2n) is 7.22. The van der Waals surface area contributed by atoms with E-state index in [2.05, 4.69) is 39.6 Å². The largest absolute Gasteiger partial charge is 0.496 e. The highest BCUT2D eigenvalue weighted by Gasteiger charge is 2.19. The van der Waals surface area contributed by atoms with Gasteiger partial charge in [0.25, 0.3) is 0 Å². The molecule has 1 fully saturated rings. The number of benzene rings is 1. The highest BCUT2D eigenvalue weighted by molar-refractivity contribution is 14.0. The summed E-state index contributed by atoms with van der Waals surface area (Å²) in [7, 11) is 5.32. The first-order chi connectivity index (χ1) is 13.2. The lowest BCUT2D eigenvalue weighted by atomic mass is 9.97. The molecule has 0 amide bonds. The third-order valence-electron chi connectivity index (χ3n) is 5.22. The molecule has 1 aromatic rings. The number of rotatable bonds is 9. The number of guanidine groups is 1. The first-order valence-electron chi connectivity index (χ1n) is 9.95. The fraction of sp³-hybridized carbons (Fsp3) is 0.667. The van der Waals surface area contributed by atoms with Gasteiger partial charge in [-0.2, -0.15) is 0 Å². The van der Waals surface area contributed by atoms with Gasteiger partial charge in [-0.05, 0) is 56.8 Å². The summed E-state index contributed by atoms with van der Waals surface area (Å²) in [4.78, 5) is 6.84. The van der Waals surface area contributed by atoms with Crippen LogP contribution in [0.3, 0.4) is 0 Å². The molecule has 0 aliphatic carbocycles. The first kappa shape index (κ1) is 25.0. The van der Waals surface area contributed by atoms with Crippen molar-refractivity contribution in [2.45, 2.75) is 26.2 Å². The molecule has 0 atom stereocenters. The standard InChI is InChI=1S/C21H36N4O2.HI/c1-17-5-6-20(27-4)19(15-17)7-10-23-21(22-2)24-16-18-8-11-25(12-9-18)13-14-26-3;/h5-6,15,18H,7-14,16H2,1-4H3,(H2,22,23,24);1H. The van der Waals surface area contributed by atoms with Crippen LogP contribution < -0.4 is 15.4 Å². The number of piperidine rings is 1. The zero-order valence-electron chi connectivity index (χ0n) is 17.8. The fourth-order valence-corrected chi connectivity index (χ4v) is 3.51. The summed E-state index contributed by atoms with van der Waals surface area (Å²) >= 11 is 0. The zero-order chi connectivity index (χ0) is 19.5. The van der Waals surface area contributed by atoms with Crippen molar-refractivity contribution in [3.8, 4) is 5.75 Å². The number of hydrogen-bond acceptors (Lipinski definition) is 4. The predicted molar refractivity (Wildman–Crippen MR) is 127 cm³/mol. The van der Waals surface area contributed by atoms with Crippen molar-refractivity contribution < 1.29 is 9.47 Å². The minimum Gasteiger partial charge on any atom is -0.496 e. The van der Waals surface area contributed by atoms with Gasteiger partial charge in [-0.1, -0.05) is 17.7 Å². The van der Waals surface area contributed by atoms with Crippen molar-refractivity contribution in [3.63, 3.8) is 0 Å². The molecule has 1 aromatic carbocycles. The number of ether oxygens (including phenoxy) is 2. The maximum Gasteiger partial charge on any atom is 0.190 e. The molecule has 1 aliphatic heterocycles. The summed E-state index contributed by atoms with van der Waals surface area (Å²) in [6.45, 7) is 8.11. The van der Waals surface area contributed by atoms with E-state index >= 15 is 0 Å². The highest BCUT2D eigenvalue weighted by atomic mass is 127. The first-order valence-corrected chi connectivity index (χ1v) is 9.95. The van der Waals surface area contributed by atoms with Gasteiger partial charge in [0.1, 0.15) is 5.75 Å². The van der Waals surface area contributed by atoms with Crippen LogP contribution in [0.2, 0.25) is 0 Å². The van der Waals surface area contributed by atoms with Crippen LogP contribution in [-0.2, 0) is 11.2 Å². The molecule has 1 aliphatic rings. The lowest BCUT2D eigenvalue weighted by Gasteiger charge is -2.32. The Morgan fingerprint density at radius 3 is 2.61 bits per heavy atom. The van der Waals surface area contributed by atoms with Gasteiger partial charge in [-0.15, -0.1) is 24.0 Å². The quantitative estimate of drug-likeness (QED) is 0.308.